The largest absolute Gasteiger partial charge is 0.523 e. The van der Waals surface area contributed by atoms with Gasteiger partial charge in [0.1, 0.15) is 11.6 Å². The van der Waals surface area contributed by atoms with Gasteiger partial charge in [-0.2, -0.15) is 21.6 Å². The van der Waals surface area contributed by atoms with Crippen LogP contribution in [0.1, 0.15) is 5.56 Å². The maximum absolute atomic E-state index is 12.6. The fourth-order valence-corrected chi connectivity index (χ4v) is 1.33. The van der Waals surface area contributed by atoms with Gasteiger partial charge in [0.15, 0.2) is 0 Å². The Morgan fingerprint density at radius 1 is 1.06 bits per heavy atom. The van der Waals surface area contributed by atoms with Gasteiger partial charge in [0.2, 0.25) is 0 Å². The van der Waals surface area contributed by atoms with Gasteiger partial charge in [0.25, 0.3) is 0 Å². The molecule has 0 saturated heterocycles. The summed E-state index contributed by atoms with van der Waals surface area (Å²) >= 11 is 0. The molecule has 1 aromatic carbocycles. The van der Waals surface area contributed by atoms with Gasteiger partial charge >= 0.3 is 15.6 Å². The number of hydrogen-bond donors (Lipinski definition) is 0. The summed E-state index contributed by atoms with van der Waals surface area (Å²) in [5.41, 5.74) is -5.94. The second-order valence-corrected chi connectivity index (χ2v) is 4.55. The van der Waals surface area contributed by atoms with Crippen LogP contribution < -0.4 is 0 Å². The first kappa shape index (κ1) is 13.8. The molecule has 0 aliphatic heterocycles. The number of benzene rings is 1. The van der Waals surface area contributed by atoms with Crippen molar-refractivity contribution >= 4 is 10.1 Å². The lowest BCUT2D eigenvalue weighted by Gasteiger charge is -2.08. The average Bonchev–Trinajstić information content (AvgIpc) is 2.11. The quantitative estimate of drug-likeness (QED) is 0.483. The number of alkyl halides is 3. The third kappa shape index (κ3) is 3.63. The molecule has 1 rings (SSSR count). The van der Waals surface area contributed by atoms with E-state index in [1.54, 1.807) is 0 Å². The normalized spacial score (nSPS) is 12.8. The van der Waals surface area contributed by atoms with Crippen LogP contribution in [0.4, 0.5) is 22.0 Å². The molecule has 3 nitrogen and oxygen atoms in total. The van der Waals surface area contributed by atoms with E-state index in [2.05, 4.69) is 4.18 Å². The van der Waals surface area contributed by atoms with Crippen molar-refractivity contribution < 1.29 is 34.6 Å². The molecule has 96 valence electrons. The standard InChI is InChI=1S/C8H5F5O3S/c9-6-1-5(2-7(10)3-6)4-16-17(14,15)8(11,12)13/h1-3H,4H2. The van der Waals surface area contributed by atoms with Gasteiger partial charge in [-0.15, -0.1) is 0 Å². The van der Waals surface area contributed by atoms with Crippen molar-refractivity contribution in [2.75, 3.05) is 0 Å². The number of hydrogen-bond acceptors (Lipinski definition) is 3. The van der Waals surface area contributed by atoms with E-state index < -0.39 is 33.9 Å². The molecule has 0 spiro atoms. The summed E-state index contributed by atoms with van der Waals surface area (Å²) in [7, 11) is -5.77. The lowest BCUT2D eigenvalue weighted by molar-refractivity contribution is -0.0547. The molecule has 0 saturated carbocycles. The summed E-state index contributed by atoms with van der Waals surface area (Å²) in [5.74, 6) is -2.10. The van der Waals surface area contributed by atoms with Crippen molar-refractivity contribution in [3.8, 4) is 0 Å². The first-order valence-electron chi connectivity index (χ1n) is 4.02. The highest BCUT2D eigenvalue weighted by Crippen LogP contribution is 2.25. The molecule has 0 radical (unpaired) electrons. The Labute approximate surface area is 92.9 Å². The first-order chi connectivity index (χ1) is 7.62. The summed E-state index contributed by atoms with van der Waals surface area (Å²) in [5, 5.41) is 0. The van der Waals surface area contributed by atoms with E-state index in [9.17, 15) is 30.4 Å². The van der Waals surface area contributed by atoms with Crippen LogP contribution in [0.3, 0.4) is 0 Å². The second kappa shape index (κ2) is 4.57. The summed E-state index contributed by atoms with van der Waals surface area (Å²) < 4.78 is 85.3. The molecule has 0 atom stereocenters. The molecule has 0 aliphatic rings. The molecule has 0 amide bonds. The highest BCUT2D eigenvalue weighted by Gasteiger charge is 2.47. The maximum atomic E-state index is 12.6. The van der Waals surface area contributed by atoms with Crippen molar-refractivity contribution in [2.24, 2.45) is 0 Å². The minimum absolute atomic E-state index is 0.365. The van der Waals surface area contributed by atoms with E-state index in [1.807, 2.05) is 0 Å². The Morgan fingerprint density at radius 2 is 1.53 bits per heavy atom. The van der Waals surface area contributed by atoms with Gasteiger partial charge in [0, 0.05) is 6.07 Å². The average molecular weight is 276 g/mol. The zero-order valence-corrected chi connectivity index (χ0v) is 8.78. The summed E-state index contributed by atoms with van der Waals surface area (Å²) in [6.07, 6.45) is 0. The fourth-order valence-electron chi connectivity index (χ4n) is 0.907. The predicted molar refractivity (Wildman–Crippen MR) is 46.1 cm³/mol. The SMILES string of the molecule is O=S(=O)(OCc1cc(F)cc(F)c1)C(F)(F)F. The summed E-state index contributed by atoms with van der Waals surface area (Å²) in [6.45, 7) is -1.10. The van der Waals surface area contributed by atoms with Gasteiger partial charge in [-0.3, -0.25) is 4.18 Å². The topological polar surface area (TPSA) is 43.4 Å². The van der Waals surface area contributed by atoms with Crippen molar-refractivity contribution in [3.63, 3.8) is 0 Å². The van der Waals surface area contributed by atoms with Gasteiger partial charge in [-0.25, -0.2) is 8.78 Å². The molecule has 1 aromatic rings. The smallest absolute Gasteiger partial charge is 0.258 e. The zero-order chi connectivity index (χ0) is 13.3. The van der Waals surface area contributed by atoms with Crippen LogP contribution in [0.15, 0.2) is 18.2 Å². The van der Waals surface area contributed by atoms with E-state index in [1.165, 1.54) is 0 Å². The predicted octanol–water partition coefficient (Wildman–Crippen LogP) is 2.33. The van der Waals surface area contributed by atoms with Gasteiger partial charge in [0.05, 0.1) is 6.61 Å². The first-order valence-corrected chi connectivity index (χ1v) is 5.43. The Morgan fingerprint density at radius 3 is 1.94 bits per heavy atom. The molecule has 0 aromatic heterocycles. The van der Waals surface area contributed by atoms with E-state index in [0.717, 1.165) is 0 Å². The fraction of sp³-hybridized carbons (Fsp3) is 0.250. The van der Waals surface area contributed by atoms with Crippen molar-refractivity contribution in [1.29, 1.82) is 0 Å². The highest BCUT2D eigenvalue weighted by atomic mass is 32.2. The monoisotopic (exact) mass is 276 g/mol. The molecule has 0 heterocycles. The molecule has 0 unspecified atom stereocenters. The Balaban J connectivity index is 2.81. The molecular formula is C8H5F5O3S. The van der Waals surface area contributed by atoms with Crippen LogP contribution >= 0.6 is 0 Å². The minimum atomic E-state index is -5.77. The summed E-state index contributed by atoms with van der Waals surface area (Å²) in [4.78, 5) is 0. The Hall–Kier alpha value is -1.22. The molecular weight excluding hydrogens is 271 g/mol. The highest BCUT2D eigenvalue weighted by molar-refractivity contribution is 7.87. The zero-order valence-electron chi connectivity index (χ0n) is 7.96. The molecule has 0 aliphatic carbocycles. The molecule has 0 N–H and O–H groups in total. The van der Waals surface area contributed by atoms with Crippen LogP contribution in [0, 0.1) is 11.6 Å². The van der Waals surface area contributed by atoms with Gasteiger partial charge in [-0.1, -0.05) is 0 Å². The maximum Gasteiger partial charge on any atom is 0.523 e. The molecule has 0 fully saturated rings. The van der Waals surface area contributed by atoms with Crippen LogP contribution in [0.25, 0.3) is 0 Å². The Bertz CT molecular complexity index is 488. The van der Waals surface area contributed by atoms with E-state index in [4.69, 9.17) is 0 Å². The molecule has 9 heteroatoms. The summed E-state index contributed by atoms with van der Waals surface area (Å²) in [6, 6.07) is 1.81. The second-order valence-electron chi connectivity index (χ2n) is 2.94. The van der Waals surface area contributed by atoms with E-state index >= 15 is 0 Å². The van der Waals surface area contributed by atoms with Crippen molar-refractivity contribution in [1.82, 2.24) is 0 Å². The third-order valence-electron chi connectivity index (χ3n) is 1.59. The van der Waals surface area contributed by atoms with Crippen molar-refractivity contribution in [3.05, 3.63) is 35.4 Å². The van der Waals surface area contributed by atoms with Crippen LogP contribution in [-0.4, -0.2) is 13.9 Å². The van der Waals surface area contributed by atoms with E-state index in [-0.39, 0.29) is 5.56 Å². The minimum Gasteiger partial charge on any atom is -0.258 e. The van der Waals surface area contributed by atoms with Gasteiger partial charge in [-0.05, 0) is 17.7 Å². The van der Waals surface area contributed by atoms with Gasteiger partial charge < -0.3 is 0 Å². The molecule has 0 bridgehead atoms. The third-order valence-corrected chi connectivity index (χ3v) is 2.58. The van der Waals surface area contributed by atoms with Crippen LogP contribution in [0.5, 0.6) is 0 Å². The molecule has 17 heavy (non-hydrogen) atoms. The van der Waals surface area contributed by atoms with Crippen LogP contribution in [0.2, 0.25) is 0 Å². The van der Waals surface area contributed by atoms with Crippen molar-refractivity contribution in [2.45, 2.75) is 12.1 Å². The van der Waals surface area contributed by atoms with Crippen LogP contribution in [-0.2, 0) is 20.9 Å². The lowest BCUT2D eigenvalue weighted by Crippen LogP contribution is -2.25. The Kier molecular flexibility index (Phi) is 3.72. The number of halogens is 5. The number of rotatable bonds is 3. The van der Waals surface area contributed by atoms with E-state index in [0.29, 0.717) is 18.2 Å². The lowest BCUT2D eigenvalue weighted by atomic mass is 10.2.